The molecule has 4 aromatic carbocycles. The molecular formula is C60H66F10N12O4. The Bertz CT molecular complexity index is 3180. The van der Waals surface area contributed by atoms with E-state index in [1.807, 2.05) is 65.4 Å². The van der Waals surface area contributed by atoms with Crippen molar-refractivity contribution in [2.75, 3.05) is 110 Å². The van der Waals surface area contributed by atoms with Crippen molar-refractivity contribution in [2.45, 2.75) is 90.9 Å². The van der Waals surface area contributed by atoms with E-state index in [0.29, 0.717) is 89.5 Å². The number of carbonyl (C=O) groups is 2. The van der Waals surface area contributed by atoms with Gasteiger partial charge in [-0.3, -0.25) is 9.59 Å². The first-order chi connectivity index (χ1) is 40.8. The van der Waals surface area contributed by atoms with Gasteiger partial charge in [-0.15, -0.1) is 0 Å². The molecule has 2 aromatic heterocycles. The zero-order valence-electron chi connectivity index (χ0n) is 48.5. The Hall–Kier alpha value is -7.68. The van der Waals surface area contributed by atoms with Crippen LogP contribution in [0.15, 0.2) is 73.3 Å². The van der Waals surface area contributed by atoms with Gasteiger partial charge in [-0.1, -0.05) is 0 Å². The molecule has 2 amide bonds. The van der Waals surface area contributed by atoms with E-state index in [1.165, 1.54) is 24.8 Å². The number of morpholine rings is 2. The maximum absolute atomic E-state index is 16.4. The molecule has 0 spiro atoms. The third-order valence-corrected chi connectivity index (χ3v) is 15.7. The van der Waals surface area contributed by atoms with E-state index in [-0.39, 0.29) is 70.4 Å². The van der Waals surface area contributed by atoms with Gasteiger partial charge in [0.15, 0.2) is 11.6 Å². The van der Waals surface area contributed by atoms with Gasteiger partial charge in [-0.05, 0) is 92.0 Å². The summed E-state index contributed by atoms with van der Waals surface area (Å²) in [7, 11) is 3.86. The molecule has 6 heterocycles. The van der Waals surface area contributed by atoms with Gasteiger partial charge >= 0.3 is 0 Å². The molecule has 16 nitrogen and oxygen atoms in total. The summed E-state index contributed by atoms with van der Waals surface area (Å²) in [5.41, 5.74) is -4.31. The van der Waals surface area contributed by atoms with E-state index in [2.05, 4.69) is 40.4 Å². The number of ether oxygens (including phenoxy) is 2. The fourth-order valence-corrected chi connectivity index (χ4v) is 11.1. The Morgan fingerprint density at radius 2 is 0.826 bits per heavy atom. The number of piperazine rings is 2. The minimum Gasteiger partial charge on any atom is -0.372 e. The Balaban J connectivity index is 0.000000205. The van der Waals surface area contributed by atoms with Crippen molar-refractivity contribution in [3.63, 3.8) is 0 Å². The number of hydrogen-bond donors (Lipinski definition) is 2. The molecule has 26 heteroatoms. The quantitative estimate of drug-likeness (QED) is 0.112. The molecule has 6 aromatic rings. The highest BCUT2D eigenvalue weighted by molar-refractivity contribution is 6.08. The molecule has 4 aliphatic heterocycles. The van der Waals surface area contributed by atoms with Crippen LogP contribution in [0.25, 0.3) is 22.3 Å². The molecule has 4 fully saturated rings. The van der Waals surface area contributed by atoms with Crippen LogP contribution in [-0.4, -0.2) is 158 Å². The normalized spacial score (nSPS) is 21.4. The highest BCUT2D eigenvalue weighted by Crippen LogP contribution is 2.42. The maximum atomic E-state index is 16.4. The molecule has 2 unspecified atom stereocenters. The zero-order chi connectivity index (χ0) is 62.0. The molecule has 0 aliphatic carbocycles. The maximum Gasteiger partial charge on any atom is 0.264 e. The van der Waals surface area contributed by atoms with Crippen LogP contribution >= 0.6 is 0 Å². The highest BCUT2D eigenvalue weighted by atomic mass is 19.3. The third kappa shape index (κ3) is 13.9. The number of likely N-dealkylation sites (N-methyl/N-ethyl adjacent to an activating group) is 2. The number of aromatic nitrogens is 4. The van der Waals surface area contributed by atoms with Gasteiger partial charge in [0.2, 0.25) is 11.9 Å². The first kappa shape index (κ1) is 62.8. The van der Waals surface area contributed by atoms with Crippen molar-refractivity contribution >= 4 is 46.5 Å². The van der Waals surface area contributed by atoms with Crippen LogP contribution in [0.1, 0.15) is 86.2 Å². The topological polar surface area (TPSA) is 148 Å². The molecule has 6 atom stereocenters. The first-order valence-corrected chi connectivity index (χ1v) is 28.0. The van der Waals surface area contributed by atoms with Crippen LogP contribution in [0.2, 0.25) is 0 Å². The first-order valence-electron chi connectivity index (χ1n) is 28.0. The van der Waals surface area contributed by atoms with Gasteiger partial charge in [0, 0.05) is 148 Å². The van der Waals surface area contributed by atoms with Crippen LogP contribution in [-0.2, 0) is 9.47 Å². The second-order valence-electron chi connectivity index (χ2n) is 22.3. The number of anilines is 6. The summed E-state index contributed by atoms with van der Waals surface area (Å²) < 4.78 is 158. The lowest BCUT2D eigenvalue weighted by molar-refractivity contribution is -0.00597. The third-order valence-electron chi connectivity index (χ3n) is 15.7. The van der Waals surface area contributed by atoms with Crippen LogP contribution in [0.5, 0.6) is 0 Å². The average molecular weight is 1210 g/mol. The minimum atomic E-state index is -3.16. The summed E-state index contributed by atoms with van der Waals surface area (Å²) in [4.78, 5) is 55.4. The molecule has 460 valence electrons. The number of alkyl halides is 4. The van der Waals surface area contributed by atoms with Crippen molar-refractivity contribution in [3.05, 3.63) is 130 Å². The molecule has 0 radical (unpaired) electrons. The summed E-state index contributed by atoms with van der Waals surface area (Å²) in [6.45, 7) is 16.5. The zero-order valence-corrected chi connectivity index (χ0v) is 48.5. The SMILES string of the molecule is CC1CN(c2cc(F)c(-c3cnc(N4C[C@@H](C)O[C@H](C)C4)nc3)c(F)c2NC(=O)c2ccc(F)cc2C(F)F)CCN1C.CC1CN(c2cc(F)c(-c3cnc(N4C[C@H](C)O[C@@H](C)C4)nc3)c(F)c2NC(=O)c2ccc(F)cc2C(F)F)CCN1C. The highest BCUT2D eigenvalue weighted by Gasteiger charge is 2.34. The molecule has 10 rings (SSSR count). The number of benzene rings is 4. The Labute approximate surface area is 491 Å². The lowest BCUT2D eigenvalue weighted by Crippen LogP contribution is -2.50. The lowest BCUT2D eigenvalue weighted by Gasteiger charge is -2.39. The predicted octanol–water partition coefficient (Wildman–Crippen LogP) is 11.0. The van der Waals surface area contributed by atoms with Crippen LogP contribution < -0.4 is 30.2 Å². The van der Waals surface area contributed by atoms with Gasteiger partial charge < -0.3 is 49.5 Å². The Morgan fingerprint density at radius 3 is 1.14 bits per heavy atom. The molecule has 0 saturated carbocycles. The van der Waals surface area contributed by atoms with Crippen molar-refractivity contribution in [1.29, 1.82) is 0 Å². The molecule has 2 N–H and O–H groups in total. The average Bonchev–Trinajstić information content (AvgIpc) is 0.927. The molecule has 86 heavy (non-hydrogen) atoms. The van der Waals surface area contributed by atoms with Gasteiger partial charge in [-0.25, -0.2) is 63.8 Å². The molecule has 4 saturated heterocycles. The second kappa shape index (κ2) is 26.5. The van der Waals surface area contributed by atoms with E-state index >= 15 is 17.6 Å². The van der Waals surface area contributed by atoms with Gasteiger partial charge in [0.1, 0.15) is 34.6 Å². The van der Waals surface area contributed by atoms with Crippen LogP contribution in [0.3, 0.4) is 0 Å². The number of hydrogen-bond acceptors (Lipinski definition) is 14. The van der Waals surface area contributed by atoms with E-state index < -0.39 is 92.9 Å². The number of halogens is 10. The molecule has 4 aliphatic rings. The lowest BCUT2D eigenvalue weighted by atomic mass is 10.0. The van der Waals surface area contributed by atoms with Gasteiger partial charge in [0.05, 0.1) is 46.9 Å². The summed E-state index contributed by atoms with van der Waals surface area (Å²) >= 11 is 0. The van der Waals surface area contributed by atoms with E-state index in [0.717, 1.165) is 36.4 Å². The van der Waals surface area contributed by atoms with Gasteiger partial charge in [-0.2, -0.15) is 0 Å². The standard InChI is InChI=1S/2C30H33F5N6O2/c2*1-16-13-40(8-7-39(16)4)24-10-23(32)25(19-11-36-30(37-12-19)41-14-17(2)43-18(3)15-41)26(33)27(24)38-29(42)21-6-5-20(31)9-22(21)28(34)35/h2*5-6,9-12,16-18,28H,7-8,13-15H2,1-4H3,(H,38,42)/t2*16?,17-,18-/m10/s1. The van der Waals surface area contributed by atoms with E-state index in [9.17, 15) is 35.9 Å². The largest absolute Gasteiger partial charge is 0.372 e. The second-order valence-corrected chi connectivity index (χ2v) is 22.3. The Morgan fingerprint density at radius 1 is 0.488 bits per heavy atom. The summed E-state index contributed by atoms with van der Waals surface area (Å²) in [6.07, 6.45) is -1.32. The number of nitrogens with zero attached hydrogens (tertiary/aromatic N) is 10. The molecule has 0 bridgehead atoms. The fraction of sp³-hybridized carbons (Fsp3) is 0.433. The van der Waals surface area contributed by atoms with Crippen molar-refractivity contribution < 1.29 is 63.0 Å². The van der Waals surface area contributed by atoms with Crippen molar-refractivity contribution in [2.24, 2.45) is 0 Å². The minimum absolute atomic E-state index is 0.0250. The van der Waals surface area contributed by atoms with Crippen molar-refractivity contribution in [3.8, 4) is 22.3 Å². The summed E-state index contributed by atoms with van der Waals surface area (Å²) in [5.74, 6) is -7.35. The van der Waals surface area contributed by atoms with E-state index in [1.54, 1.807) is 9.80 Å². The summed E-state index contributed by atoms with van der Waals surface area (Å²) in [6, 6.07) is 6.95. The fourth-order valence-electron chi connectivity index (χ4n) is 11.1. The Kier molecular flexibility index (Phi) is 19.4. The monoisotopic (exact) mass is 1210 g/mol. The van der Waals surface area contributed by atoms with Gasteiger partial charge in [0.25, 0.3) is 24.7 Å². The van der Waals surface area contributed by atoms with Crippen LogP contribution in [0, 0.1) is 34.9 Å². The molecular weight excluding hydrogens is 1140 g/mol. The number of rotatable bonds is 12. The number of amides is 2. The number of carbonyl (C=O) groups excluding carboxylic acids is 2. The summed E-state index contributed by atoms with van der Waals surface area (Å²) in [5, 5.41) is 4.78. The smallest absolute Gasteiger partial charge is 0.264 e. The van der Waals surface area contributed by atoms with Crippen LogP contribution in [0.4, 0.5) is 78.6 Å². The predicted molar refractivity (Wildman–Crippen MR) is 306 cm³/mol. The number of nitrogens with one attached hydrogen (secondary N) is 2. The van der Waals surface area contributed by atoms with Crippen molar-refractivity contribution in [1.82, 2.24) is 29.7 Å². The van der Waals surface area contributed by atoms with E-state index in [4.69, 9.17) is 9.47 Å².